The third-order valence-corrected chi connectivity index (χ3v) is 6.12. The van der Waals surface area contributed by atoms with Gasteiger partial charge in [0.1, 0.15) is 6.61 Å². The first-order valence-electron chi connectivity index (χ1n) is 7.92. The summed E-state index contributed by atoms with van der Waals surface area (Å²) in [6.07, 6.45) is 0.444. The highest BCUT2D eigenvalue weighted by Crippen LogP contribution is 2.10. The van der Waals surface area contributed by atoms with E-state index in [2.05, 4.69) is 9.44 Å². The summed E-state index contributed by atoms with van der Waals surface area (Å²) < 4.78 is 55.5. The molecule has 0 aromatic heterocycles. The molecule has 0 heterocycles. The summed E-state index contributed by atoms with van der Waals surface area (Å²) in [5.74, 6) is -2.64. The maximum Gasteiger partial charge on any atom is 0.334 e. The second-order valence-electron chi connectivity index (χ2n) is 5.66. The zero-order chi connectivity index (χ0) is 20.5. The van der Waals surface area contributed by atoms with Crippen LogP contribution in [-0.4, -0.2) is 64.1 Å². The van der Waals surface area contributed by atoms with Gasteiger partial charge in [-0.1, -0.05) is 0 Å². The largest absolute Gasteiger partial charge is 0.478 e. The van der Waals surface area contributed by atoms with Crippen molar-refractivity contribution in [2.75, 3.05) is 18.1 Å². The lowest BCUT2D eigenvalue weighted by Gasteiger charge is -2.17. The molecule has 2 atom stereocenters. The standard InChI is InChI=1S/C14H26N2O8S2/c1-5-25(20,21)15-10(3)7-12(8-13(17)18)14(19)24-9-11(4)16-26(22,23)6-2/h8,10-11,15-16H,5-7,9H2,1-4H3,(H,17,18)/t10-,11-/m0/s1. The van der Waals surface area contributed by atoms with E-state index in [-0.39, 0.29) is 30.1 Å². The highest BCUT2D eigenvalue weighted by molar-refractivity contribution is 7.89. The van der Waals surface area contributed by atoms with E-state index >= 15 is 0 Å². The second-order valence-corrected chi connectivity index (χ2v) is 9.74. The van der Waals surface area contributed by atoms with E-state index in [1.165, 1.54) is 27.7 Å². The Hall–Kier alpha value is -1.50. The minimum absolute atomic E-state index is 0.134. The number of rotatable bonds is 12. The van der Waals surface area contributed by atoms with Gasteiger partial charge < -0.3 is 9.84 Å². The van der Waals surface area contributed by atoms with E-state index < -0.39 is 44.1 Å². The highest BCUT2D eigenvalue weighted by atomic mass is 32.2. The molecule has 0 bridgehead atoms. The number of nitrogens with one attached hydrogen (secondary N) is 2. The number of esters is 1. The molecular formula is C14H26N2O8S2. The van der Waals surface area contributed by atoms with Crippen molar-refractivity contribution in [3.8, 4) is 0 Å². The topological polar surface area (TPSA) is 156 Å². The monoisotopic (exact) mass is 414 g/mol. The van der Waals surface area contributed by atoms with Crippen LogP contribution in [0.5, 0.6) is 0 Å². The Balaban J connectivity index is 4.94. The molecule has 0 fully saturated rings. The smallest absolute Gasteiger partial charge is 0.334 e. The molecule has 0 saturated heterocycles. The Morgan fingerprint density at radius 2 is 1.46 bits per heavy atom. The van der Waals surface area contributed by atoms with Crippen LogP contribution in [0.25, 0.3) is 0 Å². The Bertz CT molecular complexity index is 728. The van der Waals surface area contributed by atoms with E-state index in [0.29, 0.717) is 6.08 Å². The Kier molecular flexibility index (Phi) is 9.99. The molecule has 10 nitrogen and oxygen atoms in total. The minimum Gasteiger partial charge on any atom is -0.478 e. The van der Waals surface area contributed by atoms with Gasteiger partial charge in [-0.2, -0.15) is 0 Å². The van der Waals surface area contributed by atoms with Crippen LogP contribution < -0.4 is 9.44 Å². The second kappa shape index (κ2) is 10.6. The number of ether oxygens (including phenoxy) is 1. The van der Waals surface area contributed by atoms with Crippen molar-refractivity contribution in [3.05, 3.63) is 11.6 Å². The van der Waals surface area contributed by atoms with Crippen molar-refractivity contribution in [2.24, 2.45) is 0 Å². The van der Waals surface area contributed by atoms with Crippen molar-refractivity contribution in [1.82, 2.24) is 9.44 Å². The van der Waals surface area contributed by atoms with Crippen molar-refractivity contribution in [2.45, 2.75) is 46.2 Å². The van der Waals surface area contributed by atoms with Crippen LogP contribution >= 0.6 is 0 Å². The van der Waals surface area contributed by atoms with Gasteiger partial charge in [-0.3, -0.25) is 0 Å². The van der Waals surface area contributed by atoms with Crippen molar-refractivity contribution in [3.63, 3.8) is 0 Å². The van der Waals surface area contributed by atoms with Gasteiger partial charge in [0.15, 0.2) is 0 Å². The van der Waals surface area contributed by atoms with E-state index in [1.54, 1.807) is 0 Å². The number of carboxylic acids is 1. The molecule has 12 heteroatoms. The fraction of sp³-hybridized carbons (Fsp3) is 0.714. The fourth-order valence-electron chi connectivity index (χ4n) is 1.83. The van der Waals surface area contributed by atoms with Crippen LogP contribution in [0.2, 0.25) is 0 Å². The number of carbonyl (C=O) groups is 2. The molecular weight excluding hydrogens is 388 g/mol. The predicted molar refractivity (Wildman–Crippen MR) is 95.4 cm³/mol. The van der Waals surface area contributed by atoms with E-state index in [4.69, 9.17) is 9.84 Å². The average Bonchev–Trinajstić information content (AvgIpc) is 2.50. The number of aliphatic carboxylic acids is 1. The lowest BCUT2D eigenvalue weighted by molar-refractivity contribution is -0.140. The quantitative estimate of drug-likeness (QED) is 0.287. The molecule has 0 aliphatic rings. The number of carboxylic acid groups (broad SMARTS) is 1. The SMILES string of the molecule is CCS(=O)(=O)N[C@@H](C)COC(=O)C(=CC(=O)O)C[C@H](C)NS(=O)(=O)CC. The molecule has 0 aliphatic carbocycles. The first-order valence-corrected chi connectivity index (χ1v) is 11.2. The summed E-state index contributed by atoms with van der Waals surface area (Å²) in [6.45, 7) is 5.56. The van der Waals surface area contributed by atoms with Gasteiger partial charge in [-0.15, -0.1) is 0 Å². The average molecular weight is 415 g/mol. The summed E-state index contributed by atoms with van der Waals surface area (Å²) in [5, 5.41) is 8.87. The maximum atomic E-state index is 12.1. The molecule has 3 N–H and O–H groups in total. The summed E-state index contributed by atoms with van der Waals surface area (Å²) in [5.41, 5.74) is -0.241. The summed E-state index contributed by atoms with van der Waals surface area (Å²) >= 11 is 0. The van der Waals surface area contributed by atoms with Gasteiger partial charge in [-0.25, -0.2) is 35.9 Å². The molecule has 0 rings (SSSR count). The van der Waals surface area contributed by atoms with Crippen molar-refractivity contribution in [1.29, 1.82) is 0 Å². The molecule has 152 valence electrons. The van der Waals surface area contributed by atoms with Gasteiger partial charge in [0, 0.05) is 17.7 Å². The van der Waals surface area contributed by atoms with E-state index in [9.17, 15) is 26.4 Å². The summed E-state index contributed by atoms with van der Waals surface area (Å²) in [7, 11) is -7.00. The summed E-state index contributed by atoms with van der Waals surface area (Å²) in [4.78, 5) is 23.0. The van der Waals surface area contributed by atoms with Crippen LogP contribution in [0.1, 0.15) is 34.1 Å². The first kappa shape index (κ1) is 24.5. The van der Waals surface area contributed by atoms with E-state index in [1.807, 2.05) is 0 Å². The van der Waals surface area contributed by atoms with Crippen LogP contribution in [0.15, 0.2) is 11.6 Å². The third-order valence-electron chi connectivity index (χ3n) is 3.07. The molecule has 0 aliphatic heterocycles. The Morgan fingerprint density at radius 3 is 1.88 bits per heavy atom. The molecule has 0 amide bonds. The van der Waals surface area contributed by atoms with Gasteiger partial charge >= 0.3 is 11.9 Å². The van der Waals surface area contributed by atoms with Gasteiger partial charge in [0.05, 0.1) is 17.5 Å². The molecule has 26 heavy (non-hydrogen) atoms. The van der Waals surface area contributed by atoms with Crippen molar-refractivity contribution >= 4 is 32.0 Å². The molecule has 0 spiro atoms. The van der Waals surface area contributed by atoms with Crippen LogP contribution in [0.3, 0.4) is 0 Å². The summed E-state index contributed by atoms with van der Waals surface area (Å²) in [6, 6.07) is -1.43. The molecule has 0 radical (unpaired) electrons. The molecule has 0 aromatic carbocycles. The van der Waals surface area contributed by atoms with Crippen LogP contribution in [0, 0.1) is 0 Å². The normalized spacial score (nSPS) is 15.3. The number of hydrogen-bond acceptors (Lipinski definition) is 7. The third kappa shape index (κ3) is 10.5. The lowest BCUT2D eigenvalue weighted by atomic mass is 10.1. The maximum absolute atomic E-state index is 12.1. The van der Waals surface area contributed by atoms with Gasteiger partial charge in [0.25, 0.3) is 0 Å². The number of sulfonamides is 2. The van der Waals surface area contributed by atoms with Gasteiger partial charge in [-0.05, 0) is 34.1 Å². The molecule has 0 unspecified atom stereocenters. The molecule has 0 aromatic rings. The fourth-order valence-corrected chi connectivity index (χ4v) is 3.54. The van der Waals surface area contributed by atoms with Crippen LogP contribution in [0.4, 0.5) is 0 Å². The lowest BCUT2D eigenvalue weighted by Crippen LogP contribution is -2.38. The zero-order valence-electron chi connectivity index (χ0n) is 15.2. The first-order chi connectivity index (χ1) is 11.8. The minimum atomic E-state index is -3.52. The van der Waals surface area contributed by atoms with Gasteiger partial charge in [0.2, 0.25) is 20.0 Å². The highest BCUT2D eigenvalue weighted by Gasteiger charge is 2.21. The number of hydrogen-bond donors (Lipinski definition) is 3. The van der Waals surface area contributed by atoms with E-state index in [0.717, 1.165) is 0 Å². The zero-order valence-corrected chi connectivity index (χ0v) is 16.8. The molecule has 0 saturated carbocycles. The Labute approximate surface area is 154 Å². The van der Waals surface area contributed by atoms with Crippen LogP contribution in [-0.2, 0) is 34.4 Å². The number of carbonyl (C=O) groups excluding carboxylic acids is 1. The predicted octanol–water partition coefficient (Wildman–Crippen LogP) is -0.414. The Morgan fingerprint density at radius 1 is 1.00 bits per heavy atom. The van der Waals surface area contributed by atoms with Crippen molar-refractivity contribution < 1.29 is 36.3 Å².